The summed E-state index contributed by atoms with van der Waals surface area (Å²) in [6.45, 7) is 12.2. The van der Waals surface area contributed by atoms with E-state index < -0.39 is 0 Å². The van der Waals surface area contributed by atoms with Crippen molar-refractivity contribution in [2.24, 2.45) is 0 Å². The number of benzene rings is 1. The molecule has 0 bridgehead atoms. The van der Waals surface area contributed by atoms with Gasteiger partial charge in [0.1, 0.15) is 0 Å². The van der Waals surface area contributed by atoms with Crippen molar-refractivity contribution in [3.63, 3.8) is 0 Å². The van der Waals surface area contributed by atoms with Gasteiger partial charge in [0, 0.05) is 44.8 Å². The van der Waals surface area contributed by atoms with Crippen LogP contribution in [0.15, 0.2) is 18.2 Å². The molecule has 0 aromatic heterocycles. The minimum Gasteiger partial charge on any atom is -0.343 e. The molecule has 7 heteroatoms. The minimum absolute atomic E-state index is 0.00979. The van der Waals surface area contributed by atoms with Gasteiger partial charge in [0.05, 0.1) is 13.1 Å². The highest BCUT2D eigenvalue weighted by Crippen LogP contribution is 2.10. The van der Waals surface area contributed by atoms with Crippen LogP contribution in [0.25, 0.3) is 0 Å². The number of carbonyl (C=O) groups excluding carboxylic acids is 3. The molecule has 1 heterocycles. The first-order chi connectivity index (χ1) is 13.3. The van der Waals surface area contributed by atoms with Gasteiger partial charge in [0.25, 0.3) is 5.91 Å². The summed E-state index contributed by atoms with van der Waals surface area (Å²) >= 11 is 0. The molecule has 1 aromatic carbocycles. The lowest BCUT2D eigenvalue weighted by Crippen LogP contribution is -2.53. The third-order valence-electron chi connectivity index (χ3n) is 5.37. The maximum Gasteiger partial charge on any atom is 0.251 e. The van der Waals surface area contributed by atoms with E-state index in [1.165, 1.54) is 0 Å². The van der Waals surface area contributed by atoms with Crippen molar-refractivity contribution in [2.75, 3.05) is 52.4 Å². The van der Waals surface area contributed by atoms with Gasteiger partial charge >= 0.3 is 0 Å². The molecule has 1 N–H and O–H groups in total. The van der Waals surface area contributed by atoms with E-state index in [2.05, 4.69) is 10.2 Å². The highest BCUT2D eigenvalue weighted by molar-refractivity contribution is 5.96. The molecule has 2 rings (SSSR count). The van der Waals surface area contributed by atoms with Crippen molar-refractivity contribution in [2.45, 2.75) is 27.7 Å². The lowest BCUT2D eigenvalue weighted by Gasteiger charge is -2.35. The Morgan fingerprint density at radius 2 is 1.64 bits per heavy atom. The van der Waals surface area contributed by atoms with E-state index in [0.717, 1.165) is 11.1 Å². The highest BCUT2D eigenvalue weighted by Gasteiger charge is 2.23. The summed E-state index contributed by atoms with van der Waals surface area (Å²) < 4.78 is 0. The van der Waals surface area contributed by atoms with Crippen LogP contribution in [0.2, 0.25) is 0 Å². The van der Waals surface area contributed by atoms with Crippen molar-refractivity contribution in [3.8, 4) is 0 Å². The zero-order chi connectivity index (χ0) is 20.7. The second kappa shape index (κ2) is 10.2. The third-order valence-corrected chi connectivity index (χ3v) is 5.37. The molecule has 0 saturated carbocycles. The number of aryl methyl sites for hydroxylation is 2. The lowest BCUT2D eigenvalue weighted by molar-refractivity contribution is -0.134. The molecule has 1 aliphatic rings. The SMILES string of the molecule is CCN(CC)C(=O)CN1CCN(C(=O)CNC(=O)c2ccc(C)c(C)c2)CC1. The van der Waals surface area contributed by atoms with E-state index in [9.17, 15) is 14.4 Å². The monoisotopic (exact) mass is 388 g/mol. The summed E-state index contributed by atoms with van der Waals surface area (Å²) in [5, 5.41) is 2.71. The van der Waals surface area contributed by atoms with Gasteiger partial charge in [-0.05, 0) is 51.0 Å². The lowest BCUT2D eigenvalue weighted by atomic mass is 10.1. The van der Waals surface area contributed by atoms with Crippen LogP contribution in [0.4, 0.5) is 0 Å². The highest BCUT2D eigenvalue weighted by atomic mass is 16.2. The maximum atomic E-state index is 12.4. The number of amides is 3. The van der Waals surface area contributed by atoms with Crippen LogP contribution >= 0.6 is 0 Å². The number of piperazine rings is 1. The van der Waals surface area contributed by atoms with Crippen LogP contribution in [0.1, 0.15) is 35.3 Å². The van der Waals surface area contributed by atoms with E-state index in [1.54, 1.807) is 11.0 Å². The average molecular weight is 389 g/mol. The van der Waals surface area contributed by atoms with Crippen LogP contribution in [-0.4, -0.2) is 84.8 Å². The Labute approximate surface area is 167 Å². The first-order valence-electron chi connectivity index (χ1n) is 9.99. The first-order valence-corrected chi connectivity index (χ1v) is 9.99. The zero-order valence-corrected chi connectivity index (χ0v) is 17.5. The normalized spacial score (nSPS) is 14.6. The molecule has 0 atom stereocenters. The van der Waals surface area contributed by atoms with Crippen LogP contribution < -0.4 is 5.32 Å². The fourth-order valence-electron chi connectivity index (χ4n) is 3.28. The van der Waals surface area contributed by atoms with Crippen LogP contribution in [0, 0.1) is 13.8 Å². The van der Waals surface area contributed by atoms with Crippen molar-refractivity contribution in [3.05, 3.63) is 34.9 Å². The Hall–Kier alpha value is -2.41. The van der Waals surface area contributed by atoms with Crippen LogP contribution in [0.3, 0.4) is 0 Å². The Morgan fingerprint density at radius 3 is 2.21 bits per heavy atom. The van der Waals surface area contributed by atoms with Gasteiger partial charge in [-0.15, -0.1) is 0 Å². The third kappa shape index (κ3) is 5.79. The number of hydrogen-bond acceptors (Lipinski definition) is 4. The Bertz CT molecular complexity index is 708. The Balaban J connectivity index is 1.76. The molecule has 1 aromatic rings. The molecular weight excluding hydrogens is 356 g/mol. The number of nitrogens with one attached hydrogen (secondary N) is 1. The number of carbonyl (C=O) groups is 3. The molecule has 0 aliphatic carbocycles. The molecule has 1 saturated heterocycles. The van der Waals surface area contributed by atoms with Crippen LogP contribution in [0.5, 0.6) is 0 Å². The summed E-state index contributed by atoms with van der Waals surface area (Å²) in [5.74, 6) is -0.197. The average Bonchev–Trinajstić information content (AvgIpc) is 2.69. The van der Waals surface area contributed by atoms with E-state index in [-0.39, 0.29) is 24.3 Å². The molecule has 28 heavy (non-hydrogen) atoms. The molecule has 1 aliphatic heterocycles. The Morgan fingerprint density at radius 1 is 1.00 bits per heavy atom. The topological polar surface area (TPSA) is 73.0 Å². The molecule has 3 amide bonds. The van der Waals surface area contributed by atoms with Crippen molar-refractivity contribution in [1.82, 2.24) is 20.0 Å². The Kier molecular flexibility index (Phi) is 7.99. The van der Waals surface area contributed by atoms with E-state index in [4.69, 9.17) is 0 Å². The minimum atomic E-state index is -0.236. The van der Waals surface area contributed by atoms with Gasteiger partial charge in [-0.2, -0.15) is 0 Å². The zero-order valence-electron chi connectivity index (χ0n) is 17.5. The van der Waals surface area contributed by atoms with E-state index in [0.29, 0.717) is 51.4 Å². The molecule has 0 spiro atoms. The van der Waals surface area contributed by atoms with E-state index in [1.807, 2.05) is 44.7 Å². The second-order valence-corrected chi connectivity index (χ2v) is 7.20. The number of nitrogens with zero attached hydrogens (tertiary/aromatic N) is 3. The number of likely N-dealkylation sites (N-methyl/N-ethyl adjacent to an activating group) is 1. The number of rotatable bonds is 7. The quantitative estimate of drug-likeness (QED) is 0.758. The largest absolute Gasteiger partial charge is 0.343 e. The fraction of sp³-hybridized carbons (Fsp3) is 0.571. The van der Waals surface area contributed by atoms with Crippen molar-refractivity contribution >= 4 is 17.7 Å². The predicted octanol–water partition coefficient (Wildman–Crippen LogP) is 1.05. The predicted molar refractivity (Wildman–Crippen MR) is 109 cm³/mol. The summed E-state index contributed by atoms with van der Waals surface area (Å²) in [5.41, 5.74) is 2.75. The number of hydrogen-bond donors (Lipinski definition) is 1. The molecule has 154 valence electrons. The summed E-state index contributed by atoms with van der Waals surface area (Å²) in [6, 6.07) is 5.51. The van der Waals surface area contributed by atoms with Gasteiger partial charge in [-0.3, -0.25) is 19.3 Å². The van der Waals surface area contributed by atoms with Gasteiger partial charge in [0.15, 0.2) is 0 Å². The summed E-state index contributed by atoms with van der Waals surface area (Å²) in [4.78, 5) is 42.5. The second-order valence-electron chi connectivity index (χ2n) is 7.20. The maximum absolute atomic E-state index is 12.4. The molecule has 1 fully saturated rings. The molecule has 7 nitrogen and oxygen atoms in total. The molecule has 0 radical (unpaired) electrons. The first kappa shape index (κ1) is 21.9. The van der Waals surface area contributed by atoms with Gasteiger partial charge in [-0.1, -0.05) is 6.07 Å². The summed E-state index contributed by atoms with van der Waals surface area (Å²) in [6.07, 6.45) is 0. The van der Waals surface area contributed by atoms with Gasteiger partial charge in [-0.25, -0.2) is 0 Å². The van der Waals surface area contributed by atoms with Crippen molar-refractivity contribution in [1.29, 1.82) is 0 Å². The summed E-state index contributed by atoms with van der Waals surface area (Å²) in [7, 11) is 0. The van der Waals surface area contributed by atoms with Crippen LogP contribution in [-0.2, 0) is 9.59 Å². The fourth-order valence-corrected chi connectivity index (χ4v) is 3.28. The van der Waals surface area contributed by atoms with Gasteiger partial charge in [0.2, 0.25) is 11.8 Å². The smallest absolute Gasteiger partial charge is 0.251 e. The van der Waals surface area contributed by atoms with Crippen molar-refractivity contribution < 1.29 is 14.4 Å². The molecule has 0 unspecified atom stereocenters. The van der Waals surface area contributed by atoms with E-state index >= 15 is 0 Å². The van der Waals surface area contributed by atoms with Gasteiger partial charge < -0.3 is 15.1 Å². The molecular formula is C21H32N4O3. The standard InChI is InChI=1S/C21H32N4O3/c1-5-24(6-2)20(27)15-23-9-11-25(12-10-23)19(26)14-22-21(28)18-8-7-16(3)17(4)13-18/h7-8,13H,5-6,9-12,14-15H2,1-4H3,(H,22,28).